The van der Waals surface area contributed by atoms with Gasteiger partial charge in [0.05, 0.1) is 11.4 Å². The van der Waals surface area contributed by atoms with Crippen molar-refractivity contribution >= 4 is 29.3 Å². The van der Waals surface area contributed by atoms with Gasteiger partial charge in [-0.25, -0.2) is 9.67 Å². The molecular weight excluding hydrogens is 388 g/mol. The molecule has 29 heavy (non-hydrogen) atoms. The Morgan fingerprint density at radius 1 is 1.34 bits per heavy atom. The van der Waals surface area contributed by atoms with Gasteiger partial charge in [0.15, 0.2) is 0 Å². The first-order valence-corrected chi connectivity index (χ1v) is 9.56. The summed E-state index contributed by atoms with van der Waals surface area (Å²) in [6.45, 7) is 7.01. The van der Waals surface area contributed by atoms with Gasteiger partial charge >= 0.3 is 0 Å². The second-order valence-corrected chi connectivity index (χ2v) is 7.04. The van der Waals surface area contributed by atoms with Gasteiger partial charge in [-0.3, -0.25) is 4.79 Å². The third-order valence-corrected chi connectivity index (χ3v) is 4.83. The Hall–Kier alpha value is -3.37. The van der Waals surface area contributed by atoms with E-state index in [2.05, 4.69) is 26.9 Å². The minimum Gasteiger partial charge on any atom is -0.349 e. The Bertz CT molecular complexity index is 1110. The first-order valence-electron chi connectivity index (χ1n) is 9.19. The quantitative estimate of drug-likeness (QED) is 0.486. The summed E-state index contributed by atoms with van der Waals surface area (Å²) in [5.41, 5.74) is 4.01. The van der Waals surface area contributed by atoms with Gasteiger partial charge in [-0.15, -0.1) is 0 Å². The van der Waals surface area contributed by atoms with Crippen LogP contribution in [0.2, 0.25) is 5.02 Å². The molecule has 0 radical (unpaired) electrons. The number of rotatable bonds is 6. The van der Waals surface area contributed by atoms with Gasteiger partial charge in [0.2, 0.25) is 0 Å². The molecule has 7 nitrogen and oxygen atoms in total. The summed E-state index contributed by atoms with van der Waals surface area (Å²) >= 11 is 6.10. The van der Waals surface area contributed by atoms with Crippen molar-refractivity contribution in [1.82, 2.24) is 19.3 Å². The SMILES string of the molecule is CCCn1c(C)cc(/C=C(/C#N)C(=O)Nc2cc(Cl)ccc2-n2cncn2)c1C. The molecule has 2 aromatic heterocycles. The fourth-order valence-electron chi connectivity index (χ4n) is 3.18. The zero-order valence-electron chi connectivity index (χ0n) is 16.5. The summed E-state index contributed by atoms with van der Waals surface area (Å²) in [6.07, 6.45) is 5.53. The molecular formula is C21H21ClN6O. The largest absolute Gasteiger partial charge is 0.349 e. The molecule has 0 saturated carbocycles. The van der Waals surface area contributed by atoms with E-state index in [1.165, 1.54) is 17.3 Å². The maximum absolute atomic E-state index is 12.8. The van der Waals surface area contributed by atoms with E-state index in [1.807, 2.05) is 26.0 Å². The van der Waals surface area contributed by atoms with Crippen LogP contribution in [0.15, 0.2) is 42.5 Å². The molecule has 0 aliphatic carbocycles. The number of hydrogen-bond donors (Lipinski definition) is 1. The molecule has 148 valence electrons. The molecule has 0 aliphatic heterocycles. The fraction of sp³-hybridized carbons (Fsp3) is 0.238. The molecule has 1 amide bonds. The smallest absolute Gasteiger partial charge is 0.266 e. The van der Waals surface area contributed by atoms with Gasteiger partial charge < -0.3 is 9.88 Å². The molecule has 0 aliphatic rings. The van der Waals surface area contributed by atoms with Gasteiger partial charge in [-0.05, 0) is 56.2 Å². The van der Waals surface area contributed by atoms with Crippen molar-refractivity contribution < 1.29 is 4.79 Å². The normalized spacial score (nSPS) is 11.3. The number of nitrogens with one attached hydrogen (secondary N) is 1. The van der Waals surface area contributed by atoms with Crippen molar-refractivity contribution in [1.29, 1.82) is 5.26 Å². The molecule has 0 bridgehead atoms. The first kappa shape index (κ1) is 20.4. The second kappa shape index (κ2) is 8.76. The minimum atomic E-state index is -0.517. The van der Waals surface area contributed by atoms with Gasteiger partial charge in [-0.1, -0.05) is 18.5 Å². The number of aryl methyl sites for hydroxylation is 1. The van der Waals surface area contributed by atoms with Crippen molar-refractivity contribution in [3.63, 3.8) is 0 Å². The van der Waals surface area contributed by atoms with Crippen molar-refractivity contribution in [3.05, 3.63) is 64.5 Å². The molecule has 1 N–H and O–H groups in total. The zero-order valence-corrected chi connectivity index (χ0v) is 17.2. The summed E-state index contributed by atoms with van der Waals surface area (Å²) < 4.78 is 3.69. The average Bonchev–Trinajstić information content (AvgIpc) is 3.31. The Kier molecular flexibility index (Phi) is 6.15. The topological polar surface area (TPSA) is 88.5 Å². The first-order chi connectivity index (χ1) is 13.9. The maximum atomic E-state index is 12.8. The maximum Gasteiger partial charge on any atom is 0.266 e. The van der Waals surface area contributed by atoms with Crippen LogP contribution in [-0.2, 0) is 11.3 Å². The number of anilines is 1. The van der Waals surface area contributed by atoms with Crippen LogP contribution in [0.5, 0.6) is 0 Å². The molecule has 0 saturated heterocycles. The predicted molar refractivity (Wildman–Crippen MR) is 113 cm³/mol. The summed E-state index contributed by atoms with van der Waals surface area (Å²) in [6, 6.07) is 9.01. The molecule has 0 spiro atoms. The molecule has 0 unspecified atom stereocenters. The highest BCUT2D eigenvalue weighted by Gasteiger charge is 2.15. The van der Waals surface area contributed by atoms with Crippen LogP contribution in [-0.4, -0.2) is 25.2 Å². The number of hydrogen-bond acceptors (Lipinski definition) is 4. The van der Waals surface area contributed by atoms with Gasteiger partial charge in [0, 0.05) is 23.0 Å². The van der Waals surface area contributed by atoms with Gasteiger partial charge in [0.1, 0.15) is 24.3 Å². The van der Waals surface area contributed by atoms with E-state index in [1.54, 1.807) is 24.3 Å². The van der Waals surface area contributed by atoms with E-state index in [0.29, 0.717) is 16.4 Å². The molecule has 3 aromatic rings. The van der Waals surface area contributed by atoms with Crippen LogP contribution in [0.4, 0.5) is 5.69 Å². The lowest BCUT2D eigenvalue weighted by Crippen LogP contribution is -2.15. The molecule has 2 heterocycles. The van der Waals surface area contributed by atoms with E-state index >= 15 is 0 Å². The molecule has 0 fully saturated rings. The monoisotopic (exact) mass is 408 g/mol. The van der Waals surface area contributed by atoms with Crippen LogP contribution in [0.25, 0.3) is 11.8 Å². The lowest BCUT2D eigenvalue weighted by molar-refractivity contribution is -0.112. The number of benzene rings is 1. The number of carbonyl (C=O) groups is 1. The van der Waals surface area contributed by atoms with Crippen molar-refractivity contribution in [2.45, 2.75) is 33.7 Å². The third-order valence-electron chi connectivity index (χ3n) is 4.60. The van der Waals surface area contributed by atoms with E-state index in [4.69, 9.17) is 11.6 Å². The number of amides is 1. The van der Waals surface area contributed by atoms with E-state index in [9.17, 15) is 10.1 Å². The summed E-state index contributed by atoms with van der Waals surface area (Å²) in [5, 5.41) is 16.9. The van der Waals surface area contributed by atoms with E-state index < -0.39 is 5.91 Å². The van der Waals surface area contributed by atoms with Crippen LogP contribution < -0.4 is 5.32 Å². The number of halogens is 1. The van der Waals surface area contributed by atoms with Crippen molar-refractivity contribution in [2.24, 2.45) is 0 Å². The lowest BCUT2D eigenvalue weighted by atomic mass is 10.1. The van der Waals surface area contributed by atoms with Gasteiger partial charge in [0.25, 0.3) is 5.91 Å². The number of nitrogens with zero attached hydrogens (tertiary/aromatic N) is 5. The van der Waals surface area contributed by atoms with Crippen LogP contribution in [0.3, 0.4) is 0 Å². The standard InChI is InChI=1S/C21H21ClN6O/c1-4-7-27-14(2)8-16(15(27)3)9-17(11-23)21(29)26-19-10-18(22)5-6-20(19)28-13-24-12-25-28/h5-6,8-10,12-13H,4,7H2,1-3H3,(H,26,29)/b17-9-. The Balaban J connectivity index is 1.93. The highest BCUT2D eigenvalue weighted by molar-refractivity contribution is 6.31. The predicted octanol–water partition coefficient (Wildman–Crippen LogP) is 4.29. The number of nitriles is 1. The molecule has 3 rings (SSSR count). The van der Waals surface area contributed by atoms with Crippen LogP contribution in [0, 0.1) is 25.2 Å². The van der Waals surface area contributed by atoms with Crippen molar-refractivity contribution in [3.8, 4) is 11.8 Å². The minimum absolute atomic E-state index is 0.00580. The molecule has 0 atom stereocenters. The van der Waals surface area contributed by atoms with E-state index in [0.717, 1.165) is 29.9 Å². The number of carbonyl (C=O) groups excluding carboxylic acids is 1. The fourth-order valence-corrected chi connectivity index (χ4v) is 3.35. The van der Waals surface area contributed by atoms with E-state index in [-0.39, 0.29) is 5.57 Å². The third kappa shape index (κ3) is 4.39. The van der Waals surface area contributed by atoms with Crippen LogP contribution >= 0.6 is 11.6 Å². The highest BCUT2D eigenvalue weighted by Crippen LogP contribution is 2.25. The Morgan fingerprint density at radius 3 is 2.79 bits per heavy atom. The summed E-state index contributed by atoms with van der Waals surface area (Å²) in [4.78, 5) is 16.7. The summed E-state index contributed by atoms with van der Waals surface area (Å²) in [7, 11) is 0. The van der Waals surface area contributed by atoms with Crippen molar-refractivity contribution in [2.75, 3.05) is 5.32 Å². The van der Waals surface area contributed by atoms with Crippen LogP contribution in [0.1, 0.15) is 30.3 Å². The second-order valence-electron chi connectivity index (χ2n) is 6.60. The number of aromatic nitrogens is 4. The summed E-state index contributed by atoms with van der Waals surface area (Å²) in [5.74, 6) is -0.517. The highest BCUT2D eigenvalue weighted by atomic mass is 35.5. The Labute approximate surface area is 174 Å². The zero-order chi connectivity index (χ0) is 21.0. The Morgan fingerprint density at radius 2 is 2.14 bits per heavy atom. The lowest BCUT2D eigenvalue weighted by Gasteiger charge is -2.11. The molecule has 8 heteroatoms. The molecule has 1 aromatic carbocycles. The average molecular weight is 409 g/mol. The van der Waals surface area contributed by atoms with Gasteiger partial charge in [-0.2, -0.15) is 10.4 Å².